The Morgan fingerprint density at radius 2 is 2.36 bits per heavy atom. The Morgan fingerprint density at radius 1 is 1.57 bits per heavy atom. The minimum Gasteiger partial charge on any atom is -0.474 e. The van der Waals surface area contributed by atoms with Gasteiger partial charge in [0.05, 0.1) is 12.9 Å². The SMILES string of the molecule is CCOCCOc1nc[nH]c(=O)c1N. The quantitative estimate of drug-likeness (QED) is 0.639. The van der Waals surface area contributed by atoms with Gasteiger partial charge in [-0.25, -0.2) is 4.98 Å². The van der Waals surface area contributed by atoms with Gasteiger partial charge in [0.1, 0.15) is 6.61 Å². The molecule has 0 spiro atoms. The largest absolute Gasteiger partial charge is 0.474 e. The van der Waals surface area contributed by atoms with Crippen LogP contribution in [0.3, 0.4) is 0 Å². The van der Waals surface area contributed by atoms with Crippen molar-refractivity contribution in [3.63, 3.8) is 0 Å². The minimum absolute atomic E-state index is 0.0102. The van der Waals surface area contributed by atoms with Gasteiger partial charge in [-0.05, 0) is 6.92 Å². The van der Waals surface area contributed by atoms with Gasteiger partial charge in [-0.15, -0.1) is 0 Å². The lowest BCUT2D eigenvalue weighted by Gasteiger charge is -2.05. The highest BCUT2D eigenvalue weighted by molar-refractivity contribution is 5.44. The second-order valence-corrected chi connectivity index (χ2v) is 2.50. The summed E-state index contributed by atoms with van der Waals surface area (Å²) in [6, 6.07) is 0. The number of ether oxygens (including phenoxy) is 2. The highest BCUT2D eigenvalue weighted by atomic mass is 16.5. The molecule has 0 bridgehead atoms. The number of nitrogens with two attached hydrogens (primary N) is 1. The first-order valence-corrected chi connectivity index (χ1v) is 4.29. The summed E-state index contributed by atoms with van der Waals surface area (Å²) in [5.41, 5.74) is 5.02. The molecular formula is C8H13N3O3. The predicted molar refractivity (Wildman–Crippen MR) is 51.3 cm³/mol. The van der Waals surface area contributed by atoms with E-state index in [9.17, 15) is 4.79 Å². The summed E-state index contributed by atoms with van der Waals surface area (Å²) in [5.74, 6) is 0.147. The summed E-state index contributed by atoms with van der Waals surface area (Å²) in [5, 5.41) is 0. The minimum atomic E-state index is -0.397. The molecule has 1 rings (SSSR count). The van der Waals surface area contributed by atoms with Crippen molar-refractivity contribution in [1.82, 2.24) is 9.97 Å². The third-order valence-electron chi connectivity index (χ3n) is 1.52. The number of aromatic nitrogens is 2. The fourth-order valence-electron chi connectivity index (χ4n) is 0.851. The van der Waals surface area contributed by atoms with Gasteiger partial charge in [0.25, 0.3) is 5.56 Å². The summed E-state index contributed by atoms with van der Waals surface area (Å²) >= 11 is 0. The maximum absolute atomic E-state index is 11.0. The molecule has 14 heavy (non-hydrogen) atoms. The Labute approximate surface area is 81.1 Å². The first-order valence-electron chi connectivity index (χ1n) is 4.29. The van der Waals surface area contributed by atoms with Crippen LogP contribution in [0.2, 0.25) is 0 Å². The molecule has 0 aliphatic rings. The van der Waals surface area contributed by atoms with Crippen molar-refractivity contribution >= 4 is 5.69 Å². The number of nitrogen functional groups attached to an aromatic ring is 1. The molecule has 0 unspecified atom stereocenters. The molecular weight excluding hydrogens is 186 g/mol. The molecule has 0 radical (unpaired) electrons. The van der Waals surface area contributed by atoms with Crippen molar-refractivity contribution in [2.24, 2.45) is 0 Å². The molecule has 6 nitrogen and oxygen atoms in total. The molecule has 0 atom stereocenters. The molecule has 3 N–H and O–H groups in total. The number of anilines is 1. The fraction of sp³-hybridized carbons (Fsp3) is 0.500. The molecule has 1 aromatic rings. The van der Waals surface area contributed by atoms with E-state index >= 15 is 0 Å². The van der Waals surface area contributed by atoms with Crippen molar-refractivity contribution in [1.29, 1.82) is 0 Å². The second kappa shape index (κ2) is 5.23. The van der Waals surface area contributed by atoms with Crippen molar-refractivity contribution in [2.75, 3.05) is 25.6 Å². The maximum Gasteiger partial charge on any atom is 0.277 e. The van der Waals surface area contributed by atoms with E-state index in [2.05, 4.69) is 9.97 Å². The van der Waals surface area contributed by atoms with Crippen LogP contribution in [0.4, 0.5) is 5.69 Å². The number of aromatic amines is 1. The van der Waals surface area contributed by atoms with Crippen LogP contribution in [0.25, 0.3) is 0 Å². The topological polar surface area (TPSA) is 90.2 Å². The highest BCUT2D eigenvalue weighted by Gasteiger charge is 2.04. The molecule has 6 heteroatoms. The average molecular weight is 199 g/mol. The lowest BCUT2D eigenvalue weighted by atomic mass is 10.5. The molecule has 0 saturated carbocycles. The van der Waals surface area contributed by atoms with E-state index < -0.39 is 5.56 Å². The Kier molecular flexibility index (Phi) is 3.93. The molecule has 0 amide bonds. The van der Waals surface area contributed by atoms with Gasteiger partial charge in [0, 0.05) is 6.61 Å². The van der Waals surface area contributed by atoms with Crippen LogP contribution in [0.5, 0.6) is 5.88 Å². The molecule has 1 heterocycles. The number of nitrogens with zero attached hydrogens (tertiary/aromatic N) is 1. The predicted octanol–water partition coefficient (Wildman–Crippen LogP) is -0.233. The summed E-state index contributed by atoms with van der Waals surface area (Å²) in [6.07, 6.45) is 1.24. The first-order chi connectivity index (χ1) is 6.75. The van der Waals surface area contributed by atoms with Gasteiger partial charge in [0.2, 0.25) is 5.88 Å². The standard InChI is InChI=1S/C8H13N3O3/c1-2-13-3-4-14-8-6(9)7(12)10-5-11-8/h5H,2-4,9H2,1H3,(H,10,11,12). The highest BCUT2D eigenvalue weighted by Crippen LogP contribution is 2.09. The maximum atomic E-state index is 11.0. The van der Waals surface area contributed by atoms with E-state index in [1.165, 1.54) is 6.33 Å². The zero-order valence-corrected chi connectivity index (χ0v) is 7.95. The van der Waals surface area contributed by atoms with Gasteiger partial charge < -0.3 is 20.2 Å². The molecule has 1 aromatic heterocycles. The fourth-order valence-corrected chi connectivity index (χ4v) is 0.851. The van der Waals surface area contributed by atoms with E-state index in [0.29, 0.717) is 19.8 Å². The van der Waals surface area contributed by atoms with Crippen molar-refractivity contribution in [3.05, 3.63) is 16.7 Å². The van der Waals surface area contributed by atoms with Gasteiger partial charge in [-0.2, -0.15) is 0 Å². The van der Waals surface area contributed by atoms with Crippen LogP contribution in [0.1, 0.15) is 6.92 Å². The van der Waals surface area contributed by atoms with Gasteiger partial charge in [0.15, 0.2) is 5.69 Å². The van der Waals surface area contributed by atoms with E-state index in [0.717, 1.165) is 0 Å². The van der Waals surface area contributed by atoms with E-state index in [-0.39, 0.29) is 11.6 Å². The van der Waals surface area contributed by atoms with E-state index in [4.69, 9.17) is 15.2 Å². The Bertz CT molecular complexity index is 337. The molecule has 0 saturated heterocycles. The summed E-state index contributed by atoms with van der Waals surface area (Å²) in [6.45, 7) is 3.29. The van der Waals surface area contributed by atoms with E-state index in [1.54, 1.807) is 0 Å². The monoisotopic (exact) mass is 199 g/mol. The third-order valence-corrected chi connectivity index (χ3v) is 1.52. The van der Waals surface area contributed by atoms with Crippen LogP contribution in [-0.4, -0.2) is 29.8 Å². The van der Waals surface area contributed by atoms with Gasteiger partial charge in [-0.1, -0.05) is 0 Å². The Morgan fingerprint density at radius 3 is 3.07 bits per heavy atom. The van der Waals surface area contributed by atoms with Crippen molar-refractivity contribution in [2.45, 2.75) is 6.92 Å². The lowest BCUT2D eigenvalue weighted by molar-refractivity contribution is 0.108. The average Bonchev–Trinajstić information content (AvgIpc) is 2.19. The molecule has 0 aliphatic carbocycles. The first kappa shape index (κ1) is 10.5. The number of hydrogen-bond acceptors (Lipinski definition) is 5. The normalized spacial score (nSPS) is 10.1. The number of nitrogens with one attached hydrogen (secondary N) is 1. The number of rotatable bonds is 5. The third kappa shape index (κ3) is 2.74. The molecule has 0 fully saturated rings. The lowest BCUT2D eigenvalue weighted by Crippen LogP contribution is -2.16. The smallest absolute Gasteiger partial charge is 0.277 e. The summed E-state index contributed by atoms with van der Waals surface area (Å²) in [7, 11) is 0. The number of H-pyrrole nitrogens is 1. The zero-order valence-electron chi connectivity index (χ0n) is 7.95. The van der Waals surface area contributed by atoms with Crippen LogP contribution in [0, 0.1) is 0 Å². The van der Waals surface area contributed by atoms with Crippen LogP contribution >= 0.6 is 0 Å². The Balaban J connectivity index is 2.51. The van der Waals surface area contributed by atoms with Crippen LogP contribution < -0.4 is 16.0 Å². The van der Waals surface area contributed by atoms with Crippen molar-refractivity contribution in [3.8, 4) is 5.88 Å². The molecule has 0 aliphatic heterocycles. The summed E-state index contributed by atoms with van der Waals surface area (Å²) < 4.78 is 10.2. The second-order valence-electron chi connectivity index (χ2n) is 2.50. The van der Waals surface area contributed by atoms with E-state index in [1.807, 2.05) is 6.92 Å². The molecule has 0 aromatic carbocycles. The summed E-state index contributed by atoms with van der Waals surface area (Å²) in [4.78, 5) is 17.1. The number of hydrogen-bond donors (Lipinski definition) is 2. The van der Waals surface area contributed by atoms with Crippen LogP contribution in [-0.2, 0) is 4.74 Å². The molecule has 78 valence electrons. The Hall–Kier alpha value is -1.56. The van der Waals surface area contributed by atoms with Gasteiger partial charge >= 0.3 is 0 Å². The van der Waals surface area contributed by atoms with Crippen molar-refractivity contribution < 1.29 is 9.47 Å². The van der Waals surface area contributed by atoms with Crippen LogP contribution in [0.15, 0.2) is 11.1 Å². The zero-order chi connectivity index (χ0) is 10.4. The van der Waals surface area contributed by atoms with Gasteiger partial charge in [-0.3, -0.25) is 4.79 Å².